The largest absolute Gasteiger partial charge is 0.425 e. The molecular formula is C16H12F9N3OS. The Morgan fingerprint density at radius 3 is 2.20 bits per heavy atom. The van der Waals surface area contributed by atoms with Crippen molar-refractivity contribution in [3.05, 3.63) is 40.6 Å². The first-order valence-electron chi connectivity index (χ1n) is 8.02. The van der Waals surface area contributed by atoms with Crippen LogP contribution in [0.5, 0.6) is 0 Å². The second-order valence-electron chi connectivity index (χ2n) is 5.91. The van der Waals surface area contributed by atoms with Crippen LogP contribution in [-0.4, -0.2) is 38.6 Å². The second kappa shape index (κ2) is 8.47. The van der Waals surface area contributed by atoms with E-state index in [2.05, 4.69) is 9.97 Å². The van der Waals surface area contributed by atoms with Gasteiger partial charge in [-0.3, -0.25) is 14.3 Å². The third-order valence-electron chi connectivity index (χ3n) is 3.64. The molecular weight excluding hydrogens is 453 g/mol. The van der Waals surface area contributed by atoms with E-state index in [-0.39, 0.29) is 20.9 Å². The molecule has 0 spiro atoms. The lowest BCUT2D eigenvalue weighted by molar-refractivity contribution is -0.247. The van der Waals surface area contributed by atoms with Crippen LogP contribution in [0.1, 0.15) is 12.5 Å². The van der Waals surface area contributed by atoms with Gasteiger partial charge in [0.05, 0.1) is 24.1 Å². The van der Waals surface area contributed by atoms with Crippen LogP contribution in [0.2, 0.25) is 0 Å². The molecule has 0 aliphatic rings. The first-order valence-corrected chi connectivity index (χ1v) is 9.01. The zero-order valence-electron chi connectivity index (χ0n) is 14.9. The third kappa shape index (κ3) is 5.46. The lowest BCUT2D eigenvalue weighted by Crippen LogP contribution is -2.46. The van der Waals surface area contributed by atoms with Crippen LogP contribution >= 0.6 is 11.8 Å². The number of nitrogens with zero attached hydrogens (tertiary/aromatic N) is 3. The maximum absolute atomic E-state index is 13.5. The number of aromatic nitrogens is 3. The molecule has 0 saturated heterocycles. The molecule has 14 heteroatoms. The van der Waals surface area contributed by atoms with Gasteiger partial charge in [-0.05, 0) is 11.8 Å². The van der Waals surface area contributed by atoms with Gasteiger partial charge >= 0.3 is 18.3 Å². The minimum Gasteiger partial charge on any atom is -0.293 e. The number of hydrogen-bond acceptors (Lipinski definition) is 4. The summed E-state index contributed by atoms with van der Waals surface area (Å²) in [6, 6.07) is 1.39. The van der Waals surface area contributed by atoms with Crippen molar-refractivity contribution < 1.29 is 39.5 Å². The highest BCUT2D eigenvalue weighted by Gasteiger charge is 2.57. The SMILES string of the molecule is CCSc1cc(C(F)(F)F)cnc1-c1cc(=O)n(CC(F)(F)C(F)C(F)(F)F)cn1. The van der Waals surface area contributed by atoms with Crippen molar-refractivity contribution in [2.24, 2.45) is 0 Å². The molecule has 2 aromatic rings. The molecule has 0 radical (unpaired) electrons. The predicted molar refractivity (Wildman–Crippen MR) is 89.0 cm³/mol. The molecule has 0 fully saturated rings. The van der Waals surface area contributed by atoms with E-state index in [1.54, 1.807) is 6.92 Å². The summed E-state index contributed by atoms with van der Waals surface area (Å²) in [7, 11) is 0. The highest BCUT2D eigenvalue weighted by Crippen LogP contribution is 2.37. The van der Waals surface area contributed by atoms with E-state index in [1.807, 2.05) is 0 Å². The minimum absolute atomic E-state index is 0.00296. The molecule has 1 atom stereocenters. The molecule has 166 valence electrons. The molecule has 2 rings (SSSR count). The standard InChI is InChI=1S/C16H12F9N3OS/c1-2-30-10-3-8(15(20,21)22)5-26-12(10)9-4-11(29)28(7-27-9)6-14(18,19)13(17)16(23,24)25/h3-5,7,13H,2,6H2,1H3. The fourth-order valence-electron chi connectivity index (χ4n) is 2.28. The lowest BCUT2D eigenvalue weighted by Gasteiger charge is -2.23. The van der Waals surface area contributed by atoms with Crippen LogP contribution < -0.4 is 5.56 Å². The van der Waals surface area contributed by atoms with Crippen LogP contribution in [-0.2, 0) is 12.7 Å². The van der Waals surface area contributed by atoms with Gasteiger partial charge in [0.15, 0.2) is 0 Å². The average molecular weight is 465 g/mol. The van der Waals surface area contributed by atoms with Gasteiger partial charge in [-0.15, -0.1) is 11.8 Å². The molecule has 0 saturated carbocycles. The van der Waals surface area contributed by atoms with Gasteiger partial charge in [0, 0.05) is 17.2 Å². The molecule has 0 aromatic carbocycles. The fraction of sp³-hybridized carbons (Fsp3) is 0.438. The molecule has 2 aromatic heterocycles. The van der Waals surface area contributed by atoms with Crippen molar-refractivity contribution in [2.75, 3.05) is 5.75 Å². The van der Waals surface area contributed by atoms with Crippen LogP contribution in [0.4, 0.5) is 39.5 Å². The topological polar surface area (TPSA) is 47.8 Å². The van der Waals surface area contributed by atoms with Crippen LogP contribution in [0.3, 0.4) is 0 Å². The Balaban J connectivity index is 2.41. The summed E-state index contributed by atoms with van der Waals surface area (Å²) in [6.07, 6.45) is -14.1. The van der Waals surface area contributed by atoms with Gasteiger partial charge in [0.25, 0.3) is 11.7 Å². The Bertz CT molecular complexity index is 956. The summed E-state index contributed by atoms with van der Waals surface area (Å²) in [4.78, 5) is 19.3. The van der Waals surface area contributed by atoms with Crippen molar-refractivity contribution >= 4 is 11.8 Å². The van der Waals surface area contributed by atoms with E-state index in [0.29, 0.717) is 24.3 Å². The van der Waals surface area contributed by atoms with Crippen molar-refractivity contribution in [3.8, 4) is 11.4 Å². The molecule has 0 bridgehead atoms. The quantitative estimate of drug-likeness (QED) is 0.447. The summed E-state index contributed by atoms with van der Waals surface area (Å²) < 4.78 is 115. The zero-order valence-corrected chi connectivity index (χ0v) is 15.7. The third-order valence-corrected chi connectivity index (χ3v) is 4.55. The zero-order chi connectivity index (χ0) is 22.9. The van der Waals surface area contributed by atoms with Gasteiger partial charge in [0.1, 0.15) is 5.69 Å². The normalized spacial score (nSPS) is 14.1. The number of hydrogen-bond donors (Lipinski definition) is 0. The summed E-state index contributed by atoms with van der Waals surface area (Å²) in [5, 5.41) is 0. The minimum atomic E-state index is -5.84. The molecule has 30 heavy (non-hydrogen) atoms. The van der Waals surface area contributed by atoms with Gasteiger partial charge in [0.2, 0.25) is 0 Å². The Labute approximate surface area is 167 Å². The van der Waals surface area contributed by atoms with Crippen LogP contribution in [0.15, 0.2) is 34.3 Å². The van der Waals surface area contributed by atoms with E-state index in [1.165, 1.54) is 0 Å². The number of alkyl halides is 9. The number of rotatable bonds is 6. The van der Waals surface area contributed by atoms with Crippen molar-refractivity contribution in [2.45, 2.75) is 42.8 Å². The van der Waals surface area contributed by atoms with Gasteiger partial charge in [-0.1, -0.05) is 6.92 Å². The van der Waals surface area contributed by atoms with Crippen molar-refractivity contribution in [1.82, 2.24) is 14.5 Å². The van der Waals surface area contributed by atoms with Crippen molar-refractivity contribution in [1.29, 1.82) is 0 Å². The number of halogens is 9. The lowest BCUT2D eigenvalue weighted by atomic mass is 10.2. The van der Waals surface area contributed by atoms with E-state index in [0.717, 1.165) is 17.8 Å². The summed E-state index contributed by atoms with van der Waals surface area (Å²) >= 11 is 0.948. The smallest absolute Gasteiger partial charge is 0.293 e. The maximum atomic E-state index is 13.5. The van der Waals surface area contributed by atoms with E-state index in [9.17, 15) is 44.3 Å². The van der Waals surface area contributed by atoms with E-state index >= 15 is 0 Å². The van der Waals surface area contributed by atoms with Crippen LogP contribution in [0, 0.1) is 0 Å². The molecule has 0 N–H and O–H groups in total. The molecule has 0 aliphatic carbocycles. The highest BCUT2D eigenvalue weighted by atomic mass is 32.2. The Morgan fingerprint density at radius 1 is 1.07 bits per heavy atom. The highest BCUT2D eigenvalue weighted by molar-refractivity contribution is 7.99. The predicted octanol–water partition coefficient (Wildman–Crippen LogP) is 4.97. The van der Waals surface area contributed by atoms with Crippen molar-refractivity contribution in [3.63, 3.8) is 0 Å². The molecule has 2 heterocycles. The van der Waals surface area contributed by atoms with E-state index < -0.39 is 42.1 Å². The summed E-state index contributed by atoms with van der Waals surface area (Å²) in [6.45, 7) is -0.299. The Kier molecular flexibility index (Phi) is 6.79. The van der Waals surface area contributed by atoms with E-state index in [4.69, 9.17) is 0 Å². The second-order valence-corrected chi connectivity index (χ2v) is 7.21. The Morgan fingerprint density at radius 2 is 1.70 bits per heavy atom. The monoisotopic (exact) mass is 465 g/mol. The first kappa shape index (κ1) is 24.0. The molecule has 0 amide bonds. The van der Waals surface area contributed by atoms with Gasteiger partial charge in [-0.2, -0.15) is 26.3 Å². The number of thioether (sulfide) groups is 1. The molecule has 0 aliphatic heterocycles. The molecule has 1 unspecified atom stereocenters. The number of pyridine rings is 1. The first-order chi connectivity index (χ1) is 13.7. The fourth-order valence-corrected chi connectivity index (χ4v) is 3.09. The summed E-state index contributed by atoms with van der Waals surface area (Å²) in [5.74, 6) is -4.62. The maximum Gasteiger partial charge on any atom is 0.425 e. The summed E-state index contributed by atoms with van der Waals surface area (Å²) in [5.41, 5.74) is -2.75. The van der Waals surface area contributed by atoms with Gasteiger partial charge < -0.3 is 0 Å². The van der Waals surface area contributed by atoms with Crippen LogP contribution in [0.25, 0.3) is 11.4 Å². The molecule has 4 nitrogen and oxygen atoms in total. The van der Waals surface area contributed by atoms with Gasteiger partial charge in [-0.25, -0.2) is 18.2 Å². The average Bonchev–Trinajstić information content (AvgIpc) is 2.61. The Hall–Kier alpha value is -2.25.